The second-order valence-corrected chi connectivity index (χ2v) is 8.76. The summed E-state index contributed by atoms with van der Waals surface area (Å²) in [5.74, 6) is -0.275. The number of rotatable bonds is 6. The highest BCUT2D eigenvalue weighted by atomic mass is 35.5. The zero-order valence-electron chi connectivity index (χ0n) is 19.4. The van der Waals surface area contributed by atoms with E-state index in [-0.39, 0.29) is 17.8 Å². The van der Waals surface area contributed by atoms with E-state index in [4.69, 9.17) is 11.6 Å². The van der Waals surface area contributed by atoms with Gasteiger partial charge in [-0.2, -0.15) is 0 Å². The maximum atomic E-state index is 13.0. The number of anilines is 2. The maximum Gasteiger partial charge on any atom is 0.321 e. The Kier molecular flexibility index (Phi) is 7.67. The summed E-state index contributed by atoms with van der Waals surface area (Å²) in [6.45, 7) is 4.10. The van der Waals surface area contributed by atoms with E-state index < -0.39 is 0 Å². The number of hydrogen-bond acceptors (Lipinski definition) is 4. The van der Waals surface area contributed by atoms with Gasteiger partial charge in [0.25, 0.3) is 5.91 Å². The fourth-order valence-electron chi connectivity index (χ4n) is 3.77. The molecular formula is C25H27ClN6O3. The number of aromatic nitrogens is 2. The van der Waals surface area contributed by atoms with Crippen molar-refractivity contribution in [3.63, 3.8) is 0 Å². The van der Waals surface area contributed by atoms with Crippen molar-refractivity contribution in [1.82, 2.24) is 19.4 Å². The first-order valence-electron chi connectivity index (χ1n) is 11.4. The number of benzene rings is 2. The smallest absolute Gasteiger partial charge is 0.321 e. The molecule has 0 unspecified atom stereocenters. The molecule has 1 aliphatic heterocycles. The van der Waals surface area contributed by atoms with Gasteiger partial charge < -0.3 is 25.0 Å². The summed E-state index contributed by atoms with van der Waals surface area (Å²) in [4.78, 5) is 45.2. The van der Waals surface area contributed by atoms with Crippen LogP contribution >= 0.6 is 11.6 Å². The van der Waals surface area contributed by atoms with E-state index in [0.717, 1.165) is 5.56 Å². The Morgan fingerprint density at radius 2 is 1.71 bits per heavy atom. The minimum Gasteiger partial charge on any atom is -0.337 e. The van der Waals surface area contributed by atoms with Crippen LogP contribution in [0, 0.1) is 6.92 Å². The lowest BCUT2D eigenvalue weighted by Gasteiger charge is -2.34. The molecule has 182 valence electrons. The van der Waals surface area contributed by atoms with E-state index in [2.05, 4.69) is 15.6 Å². The number of amides is 4. The van der Waals surface area contributed by atoms with Gasteiger partial charge in [0, 0.05) is 73.5 Å². The van der Waals surface area contributed by atoms with Crippen molar-refractivity contribution >= 4 is 40.8 Å². The van der Waals surface area contributed by atoms with E-state index in [9.17, 15) is 14.4 Å². The molecule has 0 atom stereocenters. The van der Waals surface area contributed by atoms with E-state index in [1.165, 1.54) is 0 Å². The Hall–Kier alpha value is -3.85. The third-order valence-corrected chi connectivity index (χ3v) is 6.23. The van der Waals surface area contributed by atoms with Gasteiger partial charge in [0.05, 0.1) is 6.33 Å². The van der Waals surface area contributed by atoms with Gasteiger partial charge in [-0.05, 0) is 42.8 Å². The molecule has 35 heavy (non-hydrogen) atoms. The Morgan fingerprint density at radius 3 is 2.43 bits per heavy atom. The topological polar surface area (TPSA) is 99.6 Å². The van der Waals surface area contributed by atoms with Crippen LogP contribution < -0.4 is 10.6 Å². The zero-order chi connectivity index (χ0) is 24.8. The minimum absolute atomic E-state index is 0.134. The molecule has 2 N–H and O–H groups in total. The number of carbonyl (C=O) groups is 3. The lowest BCUT2D eigenvalue weighted by Crippen LogP contribution is -2.51. The zero-order valence-corrected chi connectivity index (χ0v) is 20.2. The van der Waals surface area contributed by atoms with Crippen LogP contribution in [0.4, 0.5) is 16.2 Å². The van der Waals surface area contributed by atoms with Crippen LogP contribution in [-0.2, 0) is 11.3 Å². The molecule has 4 amide bonds. The number of hydrogen-bond donors (Lipinski definition) is 2. The molecule has 10 heteroatoms. The first-order valence-corrected chi connectivity index (χ1v) is 11.7. The third kappa shape index (κ3) is 6.39. The standard InChI is InChI=1S/C25H27ClN6O3/c1-18-5-6-21(16-22(18)26)29-25(35)32-13-11-31(12-14-32)24(34)19-3-2-4-20(15-19)28-23(33)7-9-30-10-8-27-17-30/h2-6,8,10,15-17H,7,9,11-14H2,1H3,(H,28,33)(H,29,35). The van der Waals surface area contributed by atoms with Crippen LogP contribution in [-0.4, -0.2) is 63.4 Å². The van der Waals surface area contributed by atoms with Gasteiger partial charge in [-0.25, -0.2) is 9.78 Å². The summed E-state index contributed by atoms with van der Waals surface area (Å²) >= 11 is 6.14. The van der Waals surface area contributed by atoms with Gasteiger partial charge >= 0.3 is 6.03 Å². The van der Waals surface area contributed by atoms with Gasteiger partial charge in [-0.3, -0.25) is 9.59 Å². The molecule has 0 spiro atoms. The highest BCUT2D eigenvalue weighted by Gasteiger charge is 2.25. The number of piperazine rings is 1. The van der Waals surface area contributed by atoms with Crippen LogP contribution in [0.1, 0.15) is 22.3 Å². The van der Waals surface area contributed by atoms with E-state index >= 15 is 0 Å². The summed E-state index contributed by atoms with van der Waals surface area (Å²) in [6, 6.07) is 12.1. The van der Waals surface area contributed by atoms with Crippen LogP contribution in [0.15, 0.2) is 61.2 Å². The summed E-state index contributed by atoms with van der Waals surface area (Å²) in [5.41, 5.74) is 2.63. The van der Waals surface area contributed by atoms with Gasteiger partial charge in [-0.15, -0.1) is 0 Å². The van der Waals surface area contributed by atoms with Gasteiger partial charge in [0.2, 0.25) is 5.91 Å². The number of nitrogens with zero attached hydrogens (tertiary/aromatic N) is 4. The Balaban J connectivity index is 1.28. The third-order valence-electron chi connectivity index (χ3n) is 5.83. The van der Waals surface area contributed by atoms with E-state index in [1.54, 1.807) is 58.9 Å². The molecule has 4 rings (SSSR count). The number of urea groups is 1. The number of imidazole rings is 1. The predicted molar refractivity (Wildman–Crippen MR) is 135 cm³/mol. The van der Waals surface area contributed by atoms with Crippen molar-refractivity contribution in [2.24, 2.45) is 0 Å². The van der Waals surface area contributed by atoms with Gasteiger partial charge in [0.1, 0.15) is 0 Å². The van der Waals surface area contributed by atoms with Crippen LogP contribution in [0.25, 0.3) is 0 Å². The molecule has 1 saturated heterocycles. The molecule has 3 aromatic rings. The highest BCUT2D eigenvalue weighted by molar-refractivity contribution is 6.31. The van der Waals surface area contributed by atoms with Crippen molar-refractivity contribution in [2.75, 3.05) is 36.8 Å². The van der Waals surface area contributed by atoms with Crippen molar-refractivity contribution in [1.29, 1.82) is 0 Å². The quantitative estimate of drug-likeness (QED) is 0.543. The van der Waals surface area contributed by atoms with Gasteiger partial charge in [0.15, 0.2) is 0 Å². The molecule has 0 saturated carbocycles. The summed E-state index contributed by atoms with van der Waals surface area (Å²) in [6.07, 6.45) is 5.43. The molecule has 9 nitrogen and oxygen atoms in total. The molecule has 1 fully saturated rings. The molecule has 1 aromatic heterocycles. The maximum absolute atomic E-state index is 13.0. The molecule has 1 aliphatic rings. The normalized spacial score (nSPS) is 13.4. The number of aryl methyl sites for hydroxylation is 2. The molecule has 2 heterocycles. The van der Waals surface area contributed by atoms with Crippen molar-refractivity contribution in [2.45, 2.75) is 19.9 Å². The Morgan fingerprint density at radius 1 is 0.971 bits per heavy atom. The predicted octanol–water partition coefficient (Wildman–Crippen LogP) is 3.86. The monoisotopic (exact) mass is 494 g/mol. The summed E-state index contributed by atoms with van der Waals surface area (Å²) in [7, 11) is 0. The average Bonchev–Trinajstić information content (AvgIpc) is 3.39. The molecule has 0 aliphatic carbocycles. The highest BCUT2D eigenvalue weighted by Crippen LogP contribution is 2.21. The lowest BCUT2D eigenvalue weighted by molar-refractivity contribution is -0.116. The molecule has 0 bridgehead atoms. The second-order valence-electron chi connectivity index (χ2n) is 8.35. The molecule has 0 radical (unpaired) electrons. The lowest BCUT2D eigenvalue weighted by atomic mass is 10.1. The number of halogens is 1. The van der Waals surface area contributed by atoms with Crippen molar-refractivity contribution in [3.8, 4) is 0 Å². The Bertz CT molecular complexity index is 1210. The SMILES string of the molecule is Cc1ccc(NC(=O)N2CCN(C(=O)c3cccc(NC(=O)CCn4ccnc4)c3)CC2)cc1Cl. The average molecular weight is 495 g/mol. The van der Waals surface area contributed by atoms with Crippen molar-refractivity contribution < 1.29 is 14.4 Å². The summed E-state index contributed by atoms with van der Waals surface area (Å²) in [5, 5.41) is 6.29. The van der Waals surface area contributed by atoms with Crippen LogP contribution in [0.5, 0.6) is 0 Å². The van der Waals surface area contributed by atoms with Crippen molar-refractivity contribution in [3.05, 3.63) is 77.3 Å². The number of carbonyl (C=O) groups excluding carboxylic acids is 3. The fourth-order valence-corrected chi connectivity index (χ4v) is 3.95. The molecular weight excluding hydrogens is 468 g/mol. The van der Waals surface area contributed by atoms with Crippen LogP contribution in [0.3, 0.4) is 0 Å². The largest absolute Gasteiger partial charge is 0.337 e. The van der Waals surface area contributed by atoms with Gasteiger partial charge in [-0.1, -0.05) is 23.7 Å². The molecule has 2 aromatic carbocycles. The van der Waals surface area contributed by atoms with E-state index in [1.807, 2.05) is 23.6 Å². The first-order chi connectivity index (χ1) is 16.9. The second kappa shape index (κ2) is 11.1. The number of nitrogens with one attached hydrogen (secondary N) is 2. The Labute approximate surface area is 208 Å². The fraction of sp³-hybridized carbons (Fsp3) is 0.280. The minimum atomic E-state index is -0.225. The first kappa shape index (κ1) is 24.3. The van der Waals surface area contributed by atoms with Crippen LogP contribution in [0.2, 0.25) is 5.02 Å². The summed E-state index contributed by atoms with van der Waals surface area (Å²) < 4.78 is 1.83. The van der Waals surface area contributed by atoms with E-state index in [0.29, 0.717) is 61.1 Å².